The fourth-order valence-corrected chi connectivity index (χ4v) is 10.8. The van der Waals surface area contributed by atoms with Crippen LogP contribution in [0.25, 0.3) is 0 Å². The first-order valence-electron chi connectivity index (χ1n) is 18.4. The van der Waals surface area contributed by atoms with Crippen molar-refractivity contribution in [1.29, 1.82) is 10.5 Å². The van der Waals surface area contributed by atoms with Gasteiger partial charge in [-0.15, -0.1) is 0 Å². The van der Waals surface area contributed by atoms with Gasteiger partial charge in [-0.2, -0.15) is 36.9 Å². The van der Waals surface area contributed by atoms with E-state index in [2.05, 4.69) is 172 Å². The van der Waals surface area contributed by atoms with E-state index in [-0.39, 0.29) is 25.8 Å². The number of alkyl halides is 6. The van der Waals surface area contributed by atoms with Crippen LogP contribution >= 0.6 is 15.8 Å². The second-order valence-electron chi connectivity index (χ2n) is 13.3. The Bertz CT molecular complexity index is 2500. The van der Waals surface area contributed by atoms with Crippen molar-refractivity contribution in [3.63, 3.8) is 0 Å². The molecule has 65 heavy (non-hydrogen) atoms. The standard InChI is InChI=1S/C39H32OP2.2C2H3N.2CHF3O3S.Pd/c1-39(2)33-25-15-27-35(41(29-17-7-3-8-18-29)30-19-9-4-10-20-30)37(33)40-38-34(39)26-16-28-36(38)42(31-21-11-5-12-22-31)32-23-13-6-14-24-32;2*1-2-3;2*2-1(3,4)8(5,6)7;/h3-28H,1-2H3;2*1H3;2*(H,5,6,7);/q;;;;;+2/p-2. The summed E-state index contributed by atoms with van der Waals surface area (Å²) in [6, 6.07) is 60.7. The van der Waals surface area contributed by atoms with Crippen LogP contribution in [0, 0.1) is 22.7 Å². The maximum absolute atomic E-state index is 10.7. The molecule has 0 amide bonds. The predicted molar refractivity (Wildman–Crippen MR) is 237 cm³/mol. The minimum Gasteiger partial charge on any atom is -0.741 e. The summed E-state index contributed by atoms with van der Waals surface area (Å²) in [5.41, 5.74) is -9.03. The van der Waals surface area contributed by atoms with Crippen LogP contribution in [0.2, 0.25) is 0 Å². The van der Waals surface area contributed by atoms with Gasteiger partial charge in [0.1, 0.15) is 11.5 Å². The van der Waals surface area contributed by atoms with Crippen molar-refractivity contribution in [2.24, 2.45) is 0 Å². The van der Waals surface area contributed by atoms with Gasteiger partial charge >= 0.3 is 31.4 Å². The number of hydrogen-bond donors (Lipinski definition) is 0. The number of ether oxygens (including phenoxy) is 1. The van der Waals surface area contributed by atoms with Gasteiger partial charge in [-0.25, -0.2) is 16.8 Å². The normalized spacial score (nSPS) is 12.3. The second-order valence-corrected chi connectivity index (χ2v) is 20.4. The molecule has 0 spiro atoms. The SMILES string of the molecule is CC#N.CC#N.CC1(C)c2cccc(P(c3ccccc3)c3ccccc3)c2Oc2c(P(c3ccccc3)c3ccccc3)cccc21.O=S(=O)([O-])C(F)(F)F.O=S(=O)([O-])C(F)(F)F.[Pd+2]. The van der Waals surface area contributed by atoms with E-state index in [1.807, 2.05) is 0 Å². The first kappa shape index (κ1) is 56.2. The largest absolute Gasteiger partial charge is 2.00 e. The average molecular weight is 1070 g/mol. The molecule has 0 N–H and O–H groups in total. The number of halogens is 6. The molecule has 0 radical (unpaired) electrons. The van der Waals surface area contributed by atoms with Gasteiger partial charge in [0.25, 0.3) is 0 Å². The summed E-state index contributed by atoms with van der Waals surface area (Å²) >= 11 is 0. The van der Waals surface area contributed by atoms with Crippen LogP contribution in [0.1, 0.15) is 38.8 Å². The van der Waals surface area contributed by atoms with Crippen molar-refractivity contribution in [2.75, 3.05) is 0 Å². The van der Waals surface area contributed by atoms with Crippen molar-refractivity contribution >= 4 is 67.9 Å². The van der Waals surface area contributed by atoms with Gasteiger partial charge in [-0.1, -0.05) is 172 Å². The van der Waals surface area contributed by atoms with Crippen LogP contribution in [0.3, 0.4) is 0 Å². The van der Waals surface area contributed by atoms with E-state index >= 15 is 0 Å². The fraction of sp³-hybridized carbons (Fsp3) is 0.156. The van der Waals surface area contributed by atoms with Crippen LogP contribution in [-0.2, 0) is 46.1 Å². The fourth-order valence-electron chi connectivity index (χ4n) is 6.01. The van der Waals surface area contributed by atoms with Gasteiger partial charge in [0.05, 0.1) is 12.1 Å². The molecule has 9 nitrogen and oxygen atoms in total. The Balaban J connectivity index is 0.000000527. The van der Waals surface area contributed by atoms with Crippen molar-refractivity contribution in [2.45, 2.75) is 44.1 Å². The Hall–Kier alpha value is -4.98. The maximum Gasteiger partial charge on any atom is 2.00 e. The number of fused-ring (bicyclic) bond motifs is 2. The number of nitrogens with zero attached hydrogens (tertiary/aromatic N) is 2. The summed E-state index contributed by atoms with van der Waals surface area (Å²) in [7, 11) is -13.8. The van der Waals surface area contributed by atoms with E-state index in [1.54, 1.807) is 12.1 Å². The summed E-state index contributed by atoms with van der Waals surface area (Å²) < 4.78 is 125. The molecular weight excluding hydrogens is 1030 g/mol. The molecule has 1 aliphatic rings. The molecule has 0 fully saturated rings. The maximum atomic E-state index is 10.7. The van der Waals surface area contributed by atoms with E-state index in [9.17, 15) is 26.3 Å². The van der Waals surface area contributed by atoms with Crippen molar-refractivity contribution < 1.29 is 77.4 Å². The number of hydrogen-bond acceptors (Lipinski definition) is 9. The summed E-state index contributed by atoms with van der Waals surface area (Å²) in [4.78, 5) is 0. The smallest absolute Gasteiger partial charge is 0.741 e. The van der Waals surface area contributed by atoms with E-state index in [0.717, 1.165) is 11.5 Å². The molecular formula is C45H38F6N2O7P2PdS2. The van der Waals surface area contributed by atoms with Crippen LogP contribution in [0.5, 0.6) is 11.5 Å². The number of nitriles is 2. The zero-order valence-electron chi connectivity index (χ0n) is 34.6. The number of rotatable bonds is 6. The number of benzene rings is 6. The summed E-state index contributed by atoms with van der Waals surface area (Å²) in [6.07, 6.45) is 0. The third-order valence-electron chi connectivity index (χ3n) is 8.65. The Morgan fingerprint density at radius 1 is 0.492 bits per heavy atom. The van der Waals surface area contributed by atoms with E-state index < -0.39 is 47.1 Å². The molecule has 7 rings (SSSR count). The van der Waals surface area contributed by atoms with Gasteiger partial charge in [-0.05, 0) is 37.1 Å². The Kier molecular flexibility index (Phi) is 21.2. The summed E-state index contributed by atoms with van der Waals surface area (Å²) in [5, 5.41) is 22.5. The molecule has 0 bridgehead atoms. The Morgan fingerprint density at radius 3 is 0.908 bits per heavy atom. The molecule has 0 atom stereocenters. The van der Waals surface area contributed by atoms with Gasteiger partial charge in [0, 0.05) is 41.0 Å². The Labute approximate surface area is 390 Å². The molecule has 6 aromatic rings. The summed E-state index contributed by atoms with van der Waals surface area (Å²) in [5.74, 6) is 2.02. The second kappa shape index (κ2) is 24.5. The van der Waals surface area contributed by atoms with Gasteiger partial charge < -0.3 is 13.8 Å². The zero-order valence-corrected chi connectivity index (χ0v) is 39.5. The molecule has 6 aromatic carbocycles. The van der Waals surface area contributed by atoms with Gasteiger partial charge in [-0.3, -0.25) is 0 Å². The Morgan fingerprint density at radius 2 is 0.708 bits per heavy atom. The number of para-hydroxylation sites is 2. The molecule has 0 unspecified atom stereocenters. The molecule has 344 valence electrons. The quantitative estimate of drug-likeness (QED) is 0.0520. The van der Waals surface area contributed by atoms with Crippen molar-refractivity contribution in [3.05, 3.63) is 169 Å². The van der Waals surface area contributed by atoms with Crippen molar-refractivity contribution in [3.8, 4) is 23.6 Å². The monoisotopic (exact) mass is 1060 g/mol. The molecule has 1 heterocycles. The third-order valence-corrected chi connectivity index (χ3v) is 14.7. The van der Waals surface area contributed by atoms with Gasteiger partial charge in [0.2, 0.25) is 0 Å². The predicted octanol–water partition coefficient (Wildman–Crippen LogP) is 8.79. The average Bonchev–Trinajstić information content (AvgIpc) is 3.23. The molecule has 0 saturated heterocycles. The molecule has 0 aromatic heterocycles. The third kappa shape index (κ3) is 15.0. The molecule has 1 aliphatic heterocycles. The first-order chi connectivity index (χ1) is 30.0. The van der Waals surface area contributed by atoms with Gasteiger partial charge in [0.15, 0.2) is 20.2 Å². The van der Waals surface area contributed by atoms with Crippen LogP contribution in [0.4, 0.5) is 26.3 Å². The van der Waals surface area contributed by atoms with Crippen LogP contribution < -0.4 is 36.6 Å². The van der Waals surface area contributed by atoms with Crippen LogP contribution in [0.15, 0.2) is 158 Å². The summed E-state index contributed by atoms with van der Waals surface area (Å²) in [6.45, 7) is 7.56. The molecule has 0 saturated carbocycles. The zero-order chi connectivity index (χ0) is 47.9. The molecule has 20 heteroatoms. The van der Waals surface area contributed by atoms with Crippen LogP contribution in [-0.4, -0.2) is 37.0 Å². The van der Waals surface area contributed by atoms with Crippen molar-refractivity contribution in [1.82, 2.24) is 0 Å². The van der Waals surface area contributed by atoms with E-state index in [1.165, 1.54) is 56.8 Å². The van der Waals surface area contributed by atoms with E-state index in [0.29, 0.717) is 0 Å². The minimum atomic E-state index is -6.09. The van der Waals surface area contributed by atoms with E-state index in [4.69, 9.17) is 41.2 Å². The first-order valence-corrected chi connectivity index (χ1v) is 23.9. The minimum absolute atomic E-state index is 0. The topological polar surface area (TPSA) is 171 Å². The molecule has 0 aliphatic carbocycles.